The lowest BCUT2D eigenvalue weighted by Crippen LogP contribution is -2.41. The molecule has 0 radical (unpaired) electrons. The average molecular weight is 297 g/mol. The predicted molar refractivity (Wildman–Crippen MR) is 85.1 cm³/mol. The number of benzene rings is 1. The first kappa shape index (κ1) is 17.0. The minimum atomic E-state index is 0. The maximum Gasteiger partial charge on any atom is 0.220 e. The largest absolute Gasteiger partial charge is 0.352 e. The van der Waals surface area contributed by atoms with Gasteiger partial charge < -0.3 is 11.1 Å². The summed E-state index contributed by atoms with van der Waals surface area (Å²) in [5, 5.41) is 3.06. The van der Waals surface area contributed by atoms with Gasteiger partial charge in [-0.3, -0.25) is 4.79 Å². The summed E-state index contributed by atoms with van der Waals surface area (Å²) < 4.78 is 0. The molecule has 0 bridgehead atoms. The van der Waals surface area contributed by atoms with Gasteiger partial charge in [0, 0.05) is 19.0 Å². The van der Waals surface area contributed by atoms with Gasteiger partial charge in [0.1, 0.15) is 0 Å². The van der Waals surface area contributed by atoms with Crippen LogP contribution in [-0.4, -0.2) is 18.5 Å². The number of aryl methyl sites for hydroxylation is 2. The van der Waals surface area contributed by atoms with Crippen LogP contribution in [0.25, 0.3) is 0 Å². The minimum absolute atomic E-state index is 0. The quantitative estimate of drug-likeness (QED) is 0.812. The number of amides is 1. The molecular formula is C16H25ClN2O. The monoisotopic (exact) mass is 296 g/mol. The fourth-order valence-corrected chi connectivity index (χ4v) is 2.35. The Labute approximate surface area is 127 Å². The molecule has 1 aliphatic carbocycles. The van der Waals surface area contributed by atoms with Gasteiger partial charge in [0.15, 0.2) is 0 Å². The Kier molecular flexibility index (Phi) is 7.03. The summed E-state index contributed by atoms with van der Waals surface area (Å²) in [5.74, 6) is 0.750. The fraction of sp³-hybridized carbons (Fsp3) is 0.562. The highest BCUT2D eigenvalue weighted by Gasteiger charge is 2.30. The van der Waals surface area contributed by atoms with Gasteiger partial charge in [-0.1, -0.05) is 31.2 Å². The minimum Gasteiger partial charge on any atom is -0.352 e. The van der Waals surface area contributed by atoms with Gasteiger partial charge in [-0.2, -0.15) is 0 Å². The number of carbonyl (C=O) groups excluding carboxylic acids is 1. The van der Waals surface area contributed by atoms with Crippen molar-refractivity contribution < 1.29 is 4.79 Å². The van der Waals surface area contributed by atoms with E-state index >= 15 is 0 Å². The van der Waals surface area contributed by atoms with E-state index in [1.807, 2.05) is 0 Å². The zero-order valence-electron chi connectivity index (χ0n) is 12.1. The lowest BCUT2D eigenvalue weighted by atomic mass is 10.1. The molecule has 3 nitrogen and oxygen atoms in total. The molecule has 1 amide bonds. The van der Waals surface area contributed by atoms with Crippen LogP contribution < -0.4 is 11.1 Å². The van der Waals surface area contributed by atoms with Crippen LogP contribution in [0.1, 0.15) is 37.3 Å². The van der Waals surface area contributed by atoms with E-state index in [0.29, 0.717) is 18.9 Å². The molecule has 0 spiro atoms. The van der Waals surface area contributed by atoms with Crippen molar-refractivity contribution in [3.05, 3.63) is 35.4 Å². The van der Waals surface area contributed by atoms with Gasteiger partial charge in [0.05, 0.1) is 0 Å². The van der Waals surface area contributed by atoms with Crippen LogP contribution >= 0.6 is 12.4 Å². The molecule has 0 heterocycles. The van der Waals surface area contributed by atoms with E-state index < -0.39 is 0 Å². The third-order valence-corrected chi connectivity index (χ3v) is 3.86. The van der Waals surface area contributed by atoms with Crippen molar-refractivity contribution in [1.82, 2.24) is 5.32 Å². The zero-order chi connectivity index (χ0) is 13.7. The number of halogens is 1. The van der Waals surface area contributed by atoms with Crippen LogP contribution in [0.15, 0.2) is 24.3 Å². The summed E-state index contributed by atoms with van der Waals surface area (Å²) >= 11 is 0. The average Bonchev–Trinajstić information content (AvgIpc) is 3.27. The van der Waals surface area contributed by atoms with Gasteiger partial charge in [-0.15, -0.1) is 12.4 Å². The van der Waals surface area contributed by atoms with Crippen molar-refractivity contribution in [2.45, 2.75) is 45.1 Å². The van der Waals surface area contributed by atoms with Crippen molar-refractivity contribution in [1.29, 1.82) is 0 Å². The first-order valence-corrected chi connectivity index (χ1v) is 7.30. The SMILES string of the molecule is CCc1ccc(CCC(=O)NC(CN)C2CC2)cc1.Cl. The number of nitrogens with two attached hydrogens (primary N) is 1. The molecule has 112 valence electrons. The summed E-state index contributed by atoms with van der Waals surface area (Å²) in [6.45, 7) is 2.70. The highest BCUT2D eigenvalue weighted by atomic mass is 35.5. The lowest BCUT2D eigenvalue weighted by molar-refractivity contribution is -0.121. The van der Waals surface area contributed by atoms with E-state index in [9.17, 15) is 4.79 Å². The molecule has 1 aromatic rings. The first-order valence-electron chi connectivity index (χ1n) is 7.30. The second kappa shape index (κ2) is 8.28. The Morgan fingerprint density at radius 3 is 2.40 bits per heavy atom. The molecule has 1 aromatic carbocycles. The molecule has 2 rings (SSSR count). The normalized spacial score (nSPS) is 15.3. The predicted octanol–water partition coefficient (Wildman–Crippen LogP) is 2.46. The maximum atomic E-state index is 11.9. The van der Waals surface area contributed by atoms with Crippen molar-refractivity contribution >= 4 is 18.3 Å². The van der Waals surface area contributed by atoms with Gasteiger partial charge >= 0.3 is 0 Å². The van der Waals surface area contributed by atoms with Crippen molar-refractivity contribution in [2.75, 3.05) is 6.54 Å². The fourth-order valence-electron chi connectivity index (χ4n) is 2.35. The second-order valence-electron chi connectivity index (χ2n) is 5.42. The molecule has 3 N–H and O–H groups in total. The molecule has 1 atom stereocenters. The van der Waals surface area contributed by atoms with Gasteiger partial charge in [-0.05, 0) is 42.7 Å². The van der Waals surface area contributed by atoms with E-state index in [2.05, 4.69) is 36.5 Å². The number of hydrogen-bond donors (Lipinski definition) is 2. The van der Waals surface area contributed by atoms with Crippen LogP contribution in [0, 0.1) is 5.92 Å². The molecule has 20 heavy (non-hydrogen) atoms. The van der Waals surface area contributed by atoms with Gasteiger partial charge in [0.25, 0.3) is 0 Å². The molecule has 1 saturated carbocycles. The Morgan fingerprint density at radius 1 is 1.30 bits per heavy atom. The summed E-state index contributed by atoms with van der Waals surface area (Å²) in [6.07, 6.45) is 4.83. The smallest absolute Gasteiger partial charge is 0.220 e. The molecule has 1 unspecified atom stereocenters. The zero-order valence-corrected chi connectivity index (χ0v) is 12.9. The van der Waals surface area contributed by atoms with Crippen molar-refractivity contribution in [2.24, 2.45) is 11.7 Å². The number of rotatable bonds is 7. The van der Waals surface area contributed by atoms with E-state index in [1.54, 1.807) is 0 Å². The third-order valence-electron chi connectivity index (χ3n) is 3.86. The molecule has 0 saturated heterocycles. The first-order chi connectivity index (χ1) is 9.22. The number of nitrogens with one attached hydrogen (secondary N) is 1. The van der Waals surface area contributed by atoms with E-state index in [0.717, 1.165) is 12.8 Å². The van der Waals surface area contributed by atoms with Crippen LogP contribution in [0.3, 0.4) is 0 Å². The number of carbonyl (C=O) groups is 1. The highest BCUT2D eigenvalue weighted by molar-refractivity contribution is 5.85. The Hall–Kier alpha value is -1.06. The molecule has 0 aliphatic heterocycles. The Bertz CT molecular complexity index is 415. The highest BCUT2D eigenvalue weighted by Crippen LogP contribution is 2.32. The van der Waals surface area contributed by atoms with E-state index in [-0.39, 0.29) is 24.4 Å². The molecular weight excluding hydrogens is 272 g/mol. The molecule has 0 aromatic heterocycles. The standard InChI is InChI=1S/C16H24N2O.ClH/c1-2-12-3-5-13(6-4-12)7-10-16(19)18-15(11-17)14-8-9-14;/h3-6,14-15H,2,7-11,17H2,1H3,(H,18,19);1H. The second-order valence-corrected chi connectivity index (χ2v) is 5.42. The summed E-state index contributed by atoms with van der Waals surface area (Å²) in [5.41, 5.74) is 8.25. The van der Waals surface area contributed by atoms with Crippen molar-refractivity contribution in [3.8, 4) is 0 Å². The molecule has 1 fully saturated rings. The van der Waals surface area contributed by atoms with E-state index in [1.165, 1.54) is 24.0 Å². The third kappa shape index (κ3) is 5.14. The van der Waals surface area contributed by atoms with Gasteiger partial charge in [-0.25, -0.2) is 0 Å². The molecule has 1 aliphatic rings. The number of hydrogen-bond acceptors (Lipinski definition) is 2. The van der Waals surface area contributed by atoms with E-state index in [4.69, 9.17) is 5.73 Å². The Morgan fingerprint density at radius 2 is 1.90 bits per heavy atom. The Balaban J connectivity index is 0.00000200. The maximum absolute atomic E-state index is 11.9. The summed E-state index contributed by atoms with van der Waals surface area (Å²) in [7, 11) is 0. The molecule has 4 heteroatoms. The van der Waals surface area contributed by atoms with Crippen LogP contribution in [0.5, 0.6) is 0 Å². The van der Waals surface area contributed by atoms with Crippen LogP contribution in [0.4, 0.5) is 0 Å². The van der Waals surface area contributed by atoms with Crippen molar-refractivity contribution in [3.63, 3.8) is 0 Å². The summed E-state index contributed by atoms with van der Waals surface area (Å²) in [6, 6.07) is 8.70. The topological polar surface area (TPSA) is 55.1 Å². The summed E-state index contributed by atoms with van der Waals surface area (Å²) in [4.78, 5) is 11.9. The van der Waals surface area contributed by atoms with Crippen LogP contribution in [-0.2, 0) is 17.6 Å². The lowest BCUT2D eigenvalue weighted by Gasteiger charge is -2.15. The van der Waals surface area contributed by atoms with Gasteiger partial charge in [0.2, 0.25) is 5.91 Å². The van der Waals surface area contributed by atoms with Crippen LogP contribution in [0.2, 0.25) is 0 Å².